The Morgan fingerprint density at radius 3 is 2.82 bits per heavy atom. The lowest BCUT2D eigenvalue weighted by molar-refractivity contribution is 0.182. The molecule has 1 aliphatic rings. The molecular formula is C17H27N3O2. The van der Waals surface area contributed by atoms with Gasteiger partial charge in [0.15, 0.2) is 0 Å². The Kier molecular flexibility index (Phi) is 6.52. The van der Waals surface area contributed by atoms with Gasteiger partial charge in [0, 0.05) is 18.3 Å². The van der Waals surface area contributed by atoms with Crippen molar-refractivity contribution in [3.63, 3.8) is 0 Å². The summed E-state index contributed by atoms with van der Waals surface area (Å²) in [7, 11) is 1.62. The van der Waals surface area contributed by atoms with E-state index in [1.165, 1.54) is 25.8 Å². The number of hydrogen-bond donors (Lipinski definition) is 2. The van der Waals surface area contributed by atoms with Crippen molar-refractivity contribution in [2.45, 2.75) is 26.2 Å². The number of likely N-dealkylation sites (tertiary alicyclic amines) is 1. The molecule has 0 unspecified atom stereocenters. The van der Waals surface area contributed by atoms with Crippen molar-refractivity contribution in [2.75, 3.05) is 38.6 Å². The second-order valence-corrected chi connectivity index (χ2v) is 5.85. The molecule has 0 atom stereocenters. The van der Waals surface area contributed by atoms with Crippen molar-refractivity contribution in [2.24, 2.45) is 5.92 Å². The maximum Gasteiger partial charge on any atom is 0.319 e. The van der Waals surface area contributed by atoms with Crippen LogP contribution in [0, 0.1) is 5.92 Å². The van der Waals surface area contributed by atoms with Crippen LogP contribution in [-0.2, 0) is 0 Å². The SMILES string of the molecule is CCCN1CCC(CNC(=O)Nc2cccc(OC)c2)CC1. The predicted molar refractivity (Wildman–Crippen MR) is 89.5 cm³/mol. The standard InChI is InChI=1S/C17H27N3O2/c1-3-9-20-10-7-14(8-11-20)13-18-17(21)19-15-5-4-6-16(12-15)22-2/h4-6,12,14H,3,7-11,13H2,1-2H3,(H2,18,19,21). The van der Waals surface area contributed by atoms with Crippen LogP contribution in [-0.4, -0.2) is 44.2 Å². The Labute approximate surface area is 133 Å². The van der Waals surface area contributed by atoms with Crippen molar-refractivity contribution >= 4 is 11.7 Å². The van der Waals surface area contributed by atoms with E-state index in [2.05, 4.69) is 22.5 Å². The molecule has 2 rings (SSSR count). The van der Waals surface area contributed by atoms with Gasteiger partial charge in [0.25, 0.3) is 0 Å². The number of urea groups is 1. The second-order valence-electron chi connectivity index (χ2n) is 5.85. The number of amides is 2. The van der Waals surface area contributed by atoms with Gasteiger partial charge in [0.2, 0.25) is 0 Å². The highest BCUT2D eigenvalue weighted by molar-refractivity contribution is 5.89. The van der Waals surface area contributed by atoms with E-state index in [0.29, 0.717) is 5.92 Å². The number of hydrogen-bond acceptors (Lipinski definition) is 3. The Balaban J connectivity index is 1.69. The number of nitrogens with one attached hydrogen (secondary N) is 2. The summed E-state index contributed by atoms with van der Waals surface area (Å²) in [5.74, 6) is 1.32. The Hall–Kier alpha value is -1.75. The molecule has 1 aromatic carbocycles. The monoisotopic (exact) mass is 305 g/mol. The molecule has 1 saturated heterocycles. The topological polar surface area (TPSA) is 53.6 Å². The minimum atomic E-state index is -0.149. The number of nitrogens with zero attached hydrogens (tertiary/aromatic N) is 1. The smallest absolute Gasteiger partial charge is 0.319 e. The quantitative estimate of drug-likeness (QED) is 0.849. The van der Waals surface area contributed by atoms with E-state index in [0.717, 1.165) is 31.1 Å². The molecule has 0 spiro atoms. The summed E-state index contributed by atoms with van der Waals surface area (Å²) in [4.78, 5) is 14.5. The first-order valence-electron chi connectivity index (χ1n) is 8.12. The van der Waals surface area contributed by atoms with E-state index < -0.39 is 0 Å². The van der Waals surface area contributed by atoms with E-state index in [1.54, 1.807) is 7.11 Å². The van der Waals surface area contributed by atoms with Gasteiger partial charge >= 0.3 is 6.03 Å². The van der Waals surface area contributed by atoms with Gasteiger partial charge in [-0.3, -0.25) is 0 Å². The van der Waals surface area contributed by atoms with Crippen LogP contribution in [0.5, 0.6) is 5.75 Å². The molecule has 1 heterocycles. The summed E-state index contributed by atoms with van der Waals surface area (Å²) in [6.45, 7) is 6.46. The lowest BCUT2D eigenvalue weighted by Gasteiger charge is -2.31. The summed E-state index contributed by atoms with van der Waals surface area (Å²) in [6.07, 6.45) is 3.55. The van der Waals surface area contributed by atoms with Gasteiger partial charge in [0.05, 0.1) is 7.11 Å². The second kappa shape index (κ2) is 8.63. The third kappa shape index (κ3) is 5.22. The zero-order valence-corrected chi connectivity index (χ0v) is 13.6. The number of benzene rings is 1. The number of carbonyl (C=O) groups excluding carboxylic acids is 1. The van der Waals surface area contributed by atoms with Crippen LogP contribution in [0.1, 0.15) is 26.2 Å². The molecule has 1 fully saturated rings. The summed E-state index contributed by atoms with van der Waals surface area (Å²) in [5, 5.41) is 5.82. The molecule has 0 saturated carbocycles. The molecule has 0 aromatic heterocycles. The fourth-order valence-electron chi connectivity index (χ4n) is 2.84. The molecule has 2 amide bonds. The molecule has 122 valence electrons. The normalized spacial score (nSPS) is 16.3. The summed E-state index contributed by atoms with van der Waals surface area (Å²) >= 11 is 0. The average Bonchev–Trinajstić information content (AvgIpc) is 2.55. The van der Waals surface area contributed by atoms with E-state index in [4.69, 9.17) is 4.74 Å². The third-order valence-corrected chi connectivity index (χ3v) is 4.13. The van der Waals surface area contributed by atoms with Gasteiger partial charge in [-0.15, -0.1) is 0 Å². The van der Waals surface area contributed by atoms with Crippen LogP contribution >= 0.6 is 0 Å². The number of anilines is 1. The van der Waals surface area contributed by atoms with Gasteiger partial charge in [-0.05, 0) is 56.9 Å². The minimum absolute atomic E-state index is 0.149. The molecular weight excluding hydrogens is 278 g/mol. The van der Waals surface area contributed by atoms with Gasteiger partial charge < -0.3 is 20.3 Å². The highest BCUT2D eigenvalue weighted by atomic mass is 16.5. The number of ether oxygens (including phenoxy) is 1. The molecule has 0 radical (unpaired) electrons. The van der Waals surface area contributed by atoms with Crippen molar-refractivity contribution in [3.05, 3.63) is 24.3 Å². The van der Waals surface area contributed by atoms with E-state index in [9.17, 15) is 4.79 Å². The predicted octanol–water partition coefficient (Wildman–Crippen LogP) is 2.94. The van der Waals surface area contributed by atoms with Crippen molar-refractivity contribution < 1.29 is 9.53 Å². The lowest BCUT2D eigenvalue weighted by atomic mass is 9.97. The fraction of sp³-hybridized carbons (Fsp3) is 0.588. The maximum absolute atomic E-state index is 11.9. The van der Waals surface area contributed by atoms with E-state index >= 15 is 0 Å². The molecule has 5 heteroatoms. The molecule has 1 aliphatic heterocycles. The minimum Gasteiger partial charge on any atom is -0.497 e. The first-order valence-corrected chi connectivity index (χ1v) is 8.12. The molecule has 2 N–H and O–H groups in total. The Morgan fingerprint density at radius 1 is 1.36 bits per heavy atom. The number of carbonyl (C=O) groups is 1. The van der Waals surface area contributed by atoms with Crippen LogP contribution in [0.3, 0.4) is 0 Å². The molecule has 0 aliphatic carbocycles. The van der Waals surface area contributed by atoms with Gasteiger partial charge in [-0.25, -0.2) is 4.79 Å². The van der Waals surface area contributed by atoms with Gasteiger partial charge in [-0.1, -0.05) is 13.0 Å². The molecule has 1 aromatic rings. The van der Waals surface area contributed by atoms with Crippen LogP contribution in [0.15, 0.2) is 24.3 Å². The molecule has 22 heavy (non-hydrogen) atoms. The first kappa shape index (κ1) is 16.6. The fourth-order valence-corrected chi connectivity index (χ4v) is 2.84. The highest BCUT2D eigenvalue weighted by Gasteiger charge is 2.18. The summed E-state index contributed by atoms with van der Waals surface area (Å²) in [6, 6.07) is 7.23. The molecule has 5 nitrogen and oxygen atoms in total. The van der Waals surface area contributed by atoms with Gasteiger partial charge in [-0.2, -0.15) is 0 Å². The number of rotatable bonds is 6. The van der Waals surface area contributed by atoms with E-state index in [1.807, 2.05) is 24.3 Å². The van der Waals surface area contributed by atoms with Gasteiger partial charge in [0.1, 0.15) is 5.75 Å². The lowest BCUT2D eigenvalue weighted by Crippen LogP contribution is -2.40. The zero-order chi connectivity index (χ0) is 15.8. The van der Waals surface area contributed by atoms with Crippen LogP contribution < -0.4 is 15.4 Å². The van der Waals surface area contributed by atoms with Crippen LogP contribution in [0.25, 0.3) is 0 Å². The summed E-state index contributed by atoms with van der Waals surface area (Å²) in [5.41, 5.74) is 0.745. The largest absolute Gasteiger partial charge is 0.497 e. The number of piperidine rings is 1. The van der Waals surface area contributed by atoms with Crippen LogP contribution in [0.4, 0.5) is 10.5 Å². The zero-order valence-electron chi connectivity index (χ0n) is 13.6. The summed E-state index contributed by atoms with van der Waals surface area (Å²) < 4.78 is 5.15. The molecule has 0 bridgehead atoms. The van der Waals surface area contributed by atoms with Crippen LogP contribution in [0.2, 0.25) is 0 Å². The first-order chi connectivity index (χ1) is 10.7. The third-order valence-electron chi connectivity index (χ3n) is 4.13. The Bertz CT molecular complexity index is 471. The van der Waals surface area contributed by atoms with Crippen molar-refractivity contribution in [3.8, 4) is 5.75 Å². The van der Waals surface area contributed by atoms with E-state index in [-0.39, 0.29) is 6.03 Å². The Morgan fingerprint density at radius 2 is 2.14 bits per heavy atom. The highest BCUT2D eigenvalue weighted by Crippen LogP contribution is 2.18. The average molecular weight is 305 g/mol. The number of methoxy groups -OCH3 is 1. The van der Waals surface area contributed by atoms with Crippen molar-refractivity contribution in [1.82, 2.24) is 10.2 Å². The maximum atomic E-state index is 11.9. The van der Waals surface area contributed by atoms with Crippen molar-refractivity contribution in [1.29, 1.82) is 0 Å².